The topological polar surface area (TPSA) is 41.8 Å². The van der Waals surface area contributed by atoms with Gasteiger partial charge in [-0.25, -0.2) is 4.79 Å². The van der Waals surface area contributed by atoms with Gasteiger partial charge in [0.15, 0.2) is 0 Å². The van der Waals surface area contributed by atoms with Crippen LogP contribution in [0, 0.1) is 0 Å². The number of amides is 2. The number of nitrogens with zero attached hydrogens (tertiary/aromatic N) is 2. The highest BCUT2D eigenvalue weighted by Gasteiger charge is 1.83. The van der Waals surface area contributed by atoms with Crippen molar-refractivity contribution in [1.29, 1.82) is 0 Å². The fourth-order valence-electron chi connectivity index (χ4n) is 0.0167. The van der Waals surface area contributed by atoms with Gasteiger partial charge in [0.2, 0.25) is 0 Å². The third-order valence-electron chi connectivity index (χ3n) is 0.156. The fraction of sp³-hybridized carbons (Fsp3) is 0. The molecule has 0 aliphatic carbocycles. The third-order valence-corrected chi connectivity index (χ3v) is 0.469. The van der Waals surface area contributed by atoms with Gasteiger partial charge in [0.1, 0.15) is 0 Å². The Balaban J connectivity index is 3.52. The molecule has 6 heavy (non-hydrogen) atoms. The minimum atomic E-state index is -0.778. The van der Waals surface area contributed by atoms with Crippen LogP contribution in [-0.2, 0) is 24.9 Å². The predicted molar refractivity (Wildman–Crippen MR) is 25.0 cm³/mol. The molecule has 0 aliphatic rings. The van der Waals surface area contributed by atoms with Crippen LogP contribution in [0.2, 0.25) is 0 Å². The van der Waals surface area contributed by atoms with Gasteiger partial charge in [-0.2, -0.15) is 0 Å². The second kappa shape index (κ2) is 2.92. The SMILES string of the molecule is O=C(N=S)N=S. The van der Waals surface area contributed by atoms with E-state index in [1.165, 1.54) is 0 Å². The van der Waals surface area contributed by atoms with E-state index in [1.54, 1.807) is 0 Å². The molecule has 0 radical (unpaired) electrons. The van der Waals surface area contributed by atoms with E-state index in [0.29, 0.717) is 0 Å². The molecule has 0 rings (SSSR count). The first-order chi connectivity index (χ1) is 2.81. The van der Waals surface area contributed by atoms with Crippen molar-refractivity contribution in [3.8, 4) is 0 Å². The summed E-state index contributed by atoms with van der Waals surface area (Å²) in [5.41, 5.74) is 0. The third kappa shape index (κ3) is 1.98. The van der Waals surface area contributed by atoms with Crippen LogP contribution >= 0.6 is 0 Å². The van der Waals surface area contributed by atoms with E-state index in [2.05, 4.69) is 33.6 Å². The Morgan fingerprint density at radius 3 is 1.67 bits per heavy atom. The normalized spacial score (nSPS) is 6.67. The summed E-state index contributed by atoms with van der Waals surface area (Å²) < 4.78 is 5.36. The predicted octanol–water partition coefficient (Wildman–Crippen LogP) is 0.567. The summed E-state index contributed by atoms with van der Waals surface area (Å²) in [6.07, 6.45) is 0. The molecule has 0 saturated heterocycles. The number of hydrogen-bond donors (Lipinski definition) is 0. The first-order valence-corrected chi connectivity index (χ1v) is 1.75. The molecule has 0 N–H and O–H groups in total. The van der Waals surface area contributed by atoms with Gasteiger partial charge < -0.3 is 0 Å². The van der Waals surface area contributed by atoms with Crippen LogP contribution in [-0.4, -0.2) is 6.03 Å². The molecule has 0 atom stereocenters. The molecule has 5 heteroatoms. The molecule has 0 unspecified atom stereocenters. The zero-order chi connectivity index (χ0) is 4.99. The molecular weight excluding hydrogens is 120 g/mol. The first kappa shape index (κ1) is 5.71. The maximum absolute atomic E-state index is 9.64. The summed E-state index contributed by atoms with van der Waals surface area (Å²) in [5.74, 6) is 0. The molecule has 0 spiro atoms. The van der Waals surface area contributed by atoms with Crippen LogP contribution in [0.3, 0.4) is 0 Å². The van der Waals surface area contributed by atoms with Gasteiger partial charge in [0.25, 0.3) is 0 Å². The average molecular weight is 120 g/mol. The summed E-state index contributed by atoms with van der Waals surface area (Å²) in [5, 5.41) is 0. The van der Waals surface area contributed by atoms with E-state index in [4.69, 9.17) is 0 Å². The van der Waals surface area contributed by atoms with Gasteiger partial charge >= 0.3 is 6.03 Å². The van der Waals surface area contributed by atoms with E-state index in [9.17, 15) is 4.79 Å². The number of carbonyl (C=O) groups excluding carboxylic acids is 1. The fourth-order valence-corrected chi connectivity index (χ4v) is 0.150. The summed E-state index contributed by atoms with van der Waals surface area (Å²) >= 11 is 7.78. The second-order valence-electron chi connectivity index (χ2n) is 0.465. The van der Waals surface area contributed by atoms with Crippen molar-refractivity contribution in [3.05, 3.63) is 0 Å². The number of rotatable bonds is 0. The van der Waals surface area contributed by atoms with Crippen molar-refractivity contribution in [3.63, 3.8) is 0 Å². The smallest absolute Gasteiger partial charge is 0.242 e. The van der Waals surface area contributed by atoms with Gasteiger partial charge in [-0.15, -0.1) is 8.73 Å². The van der Waals surface area contributed by atoms with Gasteiger partial charge in [-0.05, 0) is 0 Å². The lowest BCUT2D eigenvalue weighted by Crippen LogP contribution is -1.73. The number of carbonyl (C=O) groups is 1. The summed E-state index contributed by atoms with van der Waals surface area (Å²) in [6, 6.07) is -0.778. The van der Waals surface area contributed by atoms with Crippen molar-refractivity contribution in [2.45, 2.75) is 0 Å². The molecule has 0 bridgehead atoms. The lowest BCUT2D eigenvalue weighted by Gasteiger charge is -1.63. The minimum Gasteiger partial charge on any atom is -0.242 e. The number of urea groups is 1. The Morgan fingerprint density at radius 2 is 1.67 bits per heavy atom. The summed E-state index contributed by atoms with van der Waals surface area (Å²) in [6.45, 7) is 0. The lowest BCUT2D eigenvalue weighted by atomic mass is 11.2. The van der Waals surface area contributed by atoms with E-state index in [-0.39, 0.29) is 0 Å². The Labute approximate surface area is 45.1 Å². The molecule has 0 aliphatic heterocycles. The van der Waals surface area contributed by atoms with E-state index >= 15 is 0 Å². The van der Waals surface area contributed by atoms with Crippen LogP contribution in [0.15, 0.2) is 8.73 Å². The molecule has 2 amide bonds. The molecule has 32 valence electrons. The van der Waals surface area contributed by atoms with Crippen molar-refractivity contribution in [2.24, 2.45) is 8.73 Å². The maximum atomic E-state index is 9.64. The quantitative estimate of drug-likeness (QED) is 0.469. The van der Waals surface area contributed by atoms with Crippen LogP contribution in [0.25, 0.3) is 0 Å². The molecular formula is CN2OS2. The van der Waals surface area contributed by atoms with Crippen LogP contribution in [0.5, 0.6) is 0 Å². The highest BCUT2D eigenvalue weighted by molar-refractivity contribution is 7.48. The molecule has 0 aromatic carbocycles. The van der Waals surface area contributed by atoms with E-state index < -0.39 is 6.03 Å². The molecule has 0 fully saturated rings. The van der Waals surface area contributed by atoms with Gasteiger partial charge in [0, 0.05) is 24.9 Å². The highest BCUT2D eigenvalue weighted by atomic mass is 32.1. The maximum Gasteiger partial charge on any atom is 0.389 e. The van der Waals surface area contributed by atoms with Gasteiger partial charge in [-0.3, -0.25) is 0 Å². The van der Waals surface area contributed by atoms with Crippen molar-refractivity contribution < 1.29 is 4.79 Å². The van der Waals surface area contributed by atoms with Crippen molar-refractivity contribution in [1.82, 2.24) is 0 Å². The number of hydrogen-bond acceptors (Lipinski definition) is 3. The zero-order valence-electron chi connectivity index (χ0n) is 2.62. The standard InChI is InChI=1S/CN2OS2/c4-1(2-5)3-6. The molecule has 0 heterocycles. The molecule has 0 aromatic rings. The van der Waals surface area contributed by atoms with Crippen molar-refractivity contribution in [2.75, 3.05) is 0 Å². The Kier molecular flexibility index (Phi) is 2.78. The van der Waals surface area contributed by atoms with Crippen molar-refractivity contribution >= 4 is 30.9 Å². The van der Waals surface area contributed by atoms with Crippen LogP contribution in [0.4, 0.5) is 4.79 Å². The van der Waals surface area contributed by atoms with Gasteiger partial charge in [-0.1, -0.05) is 0 Å². The monoisotopic (exact) mass is 120 g/mol. The Morgan fingerprint density at radius 1 is 1.33 bits per heavy atom. The second-order valence-corrected chi connectivity index (χ2v) is 0.830. The first-order valence-electron chi connectivity index (χ1n) is 1.02. The van der Waals surface area contributed by atoms with Crippen LogP contribution < -0.4 is 0 Å². The Bertz CT molecular complexity index is 79.5. The van der Waals surface area contributed by atoms with E-state index in [0.717, 1.165) is 0 Å². The highest BCUT2D eigenvalue weighted by Crippen LogP contribution is 1.73. The molecule has 0 saturated carbocycles. The largest absolute Gasteiger partial charge is 0.389 e. The van der Waals surface area contributed by atoms with Gasteiger partial charge in [0.05, 0.1) is 0 Å². The minimum absolute atomic E-state index is 0.778. The lowest BCUT2D eigenvalue weighted by molar-refractivity contribution is 0.258. The summed E-state index contributed by atoms with van der Waals surface area (Å²) in [4.78, 5) is 9.64. The molecule has 3 nitrogen and oxygen atoms in total. The zero-order valence-corrected chi connectivity index (χ0v) is 4.25. The molecule has 0 aromatic heterocycles. The Hall–Kier alpha value is -0.290. The average Bonchev–Trinajstić information content (AvgIpc) is 1.65. The van der Waals surface area contributed by atoms with E-state index in [1.807, 2.05) is 0 Å². The van der Waals surface area contributed by atoms with Crippen LogP contribution in [0.1, 0.15) is 0 Å². The summed E-state index contributed by atoms with van der Waals surface area (Å²) in [7, 11) is 0.